The maximum Gasteiger partial charge on any atom is 0.0715 e. The van der Waals surface area contributed by atoms with Crippen LogP contribution in [0.5, 0.6) is 0 Å². The summed E-state index contributed by atoms with van der Waals surface area (Å²) in [5, 5.41) is 12.2. The van der Waals surface area contributed by atoms with Gasteiger partial charge < -0.3 is 10.4 Å². The molecule has 0 unspecified atom stereocenters. The predicted molar refractivity (Wildman–Crippen MR) is 40.5 cm³/mol. The molecule has 2 N–H and O–H groups in total. The van der Waals surface area contributed by atoms with Crippen LogP contribution in [0.15, 0.2) is 0 Å². The van der Waals surface area contributed by atoms with Crippen molar-refractivity contribution < 1.29 is 5.11 Å². The van der Waals surface area contributed by atoms with E-state index in [1.54, 1.807) is 0 Å². The molecule has 0 radical (unpaired) electrons. The van der Waals surface area contributed by atoms with E-state index in [9.17, 15) is 0 Å². The van der Waals surface area contributed by atoms with Gasteiger partial charge in [0.2, 0.25) is 0 Å². The molecule has 0 saturated carbocycles. The van der Waals surface area contributed by atoms with E-state index in [4.69, 9.17) is 5.11 Å². The average Bonchev–Trinajstić information content (AvgIpc) is 2.31. The van der Waals surface area contributed by atoms with Gasteiger partial charge in [0.25, 0.3) is 0 Å². The molecule has 2 heteroatoms. The first-order valence-corrected chi connectivity index (χ1v) is 3.72. The predicted octanol–water partition coefficient (Wildman–Crippen LogP) is 0.123. The quantitative estimate of drug-likeness (QED) is 0.467. The molecular weight excluding hydrogens is 126 g/mol. The fourth-order valence-corrected chi connectivity index (χ4v) is 1.05. The number of aliphatic hydroxyl groups is 1. The van der Waals surface area contributed by atoms with Crippen LogP contribution in [-0.2, 0) is 0 Å². The van der Waals surface area contributed by atoms with Gasteiger partial charge in [0.05, 0.1) is 12.1 Å². The van der Waals surface area contributed by atoms with Crippen molar-refractivity contribution in [1.82, 2.24) is 5.32 Å². The zero-order valence-electron chi connectivity index (χ0n) is 6.22. The Morgan fingerprint density at radius 3 is 3.00 bits per heavy atom. The molecule has 1 rings (SSSR count). The minimum atomic E-state index is -0.184. The normalized spacial score (nSPS) is 31.4. The summed E-state index contributed by atoms with van der Waals surface area (Å²) in [5.74, 6) is 6.03. The Hall–Kier alpha value is -0.520. The van der Waals surface area contributed by atoms with Gasteiger partial charge in [-0.15, -0.1) is 5.92 Å². The molecule has 2 atom stereocenters. The van der Waals surface area contributed by atoms with Crippen molar-refractivity contribution in [3.8, 4) is 11.8 Å². The van der Waals surface area contributed by atoms with Gasteiger partial charge >= 0.3 is 0 Å². The molecule has 0 spiro atoms. The van der Waals surface area contributed by atoms with Gasteiger partial charge in [-0.3, -0.25) is 0 Å². The fraction of sp³-hybridized carbons (Fsp3) is 0.750. The van der Waals surface area contributed by atoms with Gasteiger partial charge in [-0.05, 0) is 0 Å². The molecule has 1 heterocycles. The van der Waals surface area contributed by atoms with Crippen molar-refractivity contribution in [1.29, 1.82) is 0 Å². The summed E-state index contributed by atoms with van der Waals surface area (Å²) in [6.07, 6.45) is 1.50. The summed E-state index contributed by atoms with van der Waals surface area (Å²) in [6.45, 7) is 2.72. The highest BCUT2D eigenvalue weighted by molar-refractivity contribution is 5.10. The Bertz CT molecular complexity index is 156. The topological polar surface area (TPSA) is 32.3 Å². The smallest absolute Gasteiger partial charge is 0.0715 e. The highest BCUT2D eigenvalue weighted by Crippen LogP contribution is 2.04. The number of β-amino-alcohol motifs (C(OH)–C–C–N with tert-alkyl or cyclic N) is 1. The molecule has 0 amide bonds. The zero-order chi connectivity index (χ0) is 7.40. The van der Waals surface area contributed by atoms with Gasteiger partial charge in [-0.1, -0.05) is 12.8 Å². The SMILES string of the molecule is CCC#C[C@H]1C[C@@H](O)CN1. The number of nitrogens with one attached hydrogen (secondary N) is 1. The van der Waals surface area contributed by atoms with Crippen molar-refractivity contribution in [2.24, 2.45) is 0 Å². The molecule has 0 aromatic heterocycles. The van der Waals surface area contributed by atoms with Crippen LogP contribution in [0.1, 0.15) is 19.8 Å². The summed E-state index contributed by atoms with van der Waals surface area (Å²) >= 11 is 0. The third kappa shape index (κ3) is 2.02. The third-order valence-electron chi connectivity index (χ3n) is 1.56. The fourth-order valence-electron chi connectivity index (χ4n) is 1.05. The lowest BCUT2D eigenvalue weighted by Crippen LogP contribution is -2.19. The Kier molecular flexibility index (Phi) is 2.73. The largest absolute Gasteiger partial charge is 0.392 e. The lowest BCUT2D eigenvalue weighted by atomic mass is 10.2. The third-order valence-corrected chi connectivity index (χ3v) is 1.56. The van der Waals surface area contributed by atoms with Crippen LogP contribution < -0.4 is 5.32 Å². The molecule has 0 aromatic carbocycles. The van der Waals surface area contributed by atoms with E-state index in [2.05, 4.69) is 17.2 Å². The maximum atomic E-state index is 9.07. The molecule has 0 bridgehead atoms. The van der Waals surface area contributed by atoms with E-state index in [1.807, 2.05) is 6.92 Å². The maximum absolute atomic E-state index is 9.07. The second-order valence-electron chi connectivity index (χ2n) is 2.53. The monoisotopic (exact) mass is 139 g/mol. The summed E-state index contributed by atoms with van der Waals surface area (Å²) in [7, 11) is 0. The Morgan fingerprint density at radius 1 is 1.70 bits per heavy atom. The highest BCUT2D eigenvalue weighted by atomic mass is 16.3. The molecule has 1 saturated heterocycles. The first-order valence-electron chi connectivity index (χ1n) is 3.72. The molecule has 1 aliphatic heterocycles. The zero-order valence-corrected chi connectivity index (χ0v) is 6.22. The molecule has 1 aliphatic rings. The number of aliphatic hydroxyl groups excluding tert-OH is 1. The summed E-state index contributed by atoms with van der Waals surface area (Å²) < 4.78 is 0. The van der Waals surface area contributed by atoms with Crippen LogP contribution in [0.25, 0.3) is 0 Å². The second kappa shape index (κ2) is 3.60. The molecule has 0 aliphatic carbocycles. The molecular formula is C8H13NO. The lowest BCUT2D eigenvalue weighted by Gasteiger charge is -1.96. The van der Waals surface area contributed by atoms with E-state index >= 15 is 0 Å². The number of hydrogen-bond acceptors (Lipinski definition) is 2. The van der Waals surface area contributed by atoms with E-state index in [1.165, 1.54) is 0 Å². The van der Waals surface area contributed by atoms with Gasteiger partial charge in [0, 0.05) is 19.4 Å². The average molecular weight is 139 g/mol. The molecule has 56 valence electrons. The van der Waals surface area contributed by atoms with Crippen molar-refractivity contribution in [3.05, 3.63) is 0 Å². The molecule has 0 aromatic rings. The summed E-state index contributed by atoms with van der Waals surface area (Å²) in [6, 6.07) is 0.231. The molecule has 2 nitrogen and oxygen atoms in total. The van der Waals surface area contributed by atoms with Gasteiger partial charge in [0.1, 0.15) is 0 Å². The van der Waals surface area contributed by atoms with Crippen LogP contribution in [0.3, 0.4) is 0 Å². The minimum absolute atomic E-state index is 0.184. The van der Waals surface area contributed by atoms with Crippen LogP contribution in [0, 0.1) is 11.8 Å². The van der Waals surface area contributed by atoms with Crippen LogP contribution in [0.2, 0.25) is 0 Å². The first kappa shape index (κ1) is 7.59. The number of hydrogen-bond donors (Lipinski definition) is 2. The Morgan fingerprint density at radius 2 is 2.50 bits per heavy atom. The minimum Gasteiger partial charge on any atom is -0.392 e. The van der Waals surface area contributed by atoms with E-state index < -0.39 is 0 Å². The van der Waals surface area contributed by atoms with Crippen LogP contribution >= 0.6 is 0 Å². The summed E-state index contributed by atoms with van der Waals surface area (Å²) in [4.78, 5) is 0. The van der Waals surface area contributed by atoms with Crippen molar-refractivity contribution in [2.45, 2.75) is 31.9 Å². The van der Waals surface area contributed by atoms with E-state index in [-0.39, 0.29) is 12.1 Å². The molecule has 1 fully saturated rings. The van der Waals surface area contributed by atoms with Gasteiger partial charge in [-0.2, -0.15) is 0 Å². The summed E-state index contributed by atoms with van der Waals surface area (Å²) in [5.41, 5.74) is 0. The number of rotatable bonds is 0. The standard InChI is InChI=1S/C8H13NO/c1-2-3-4-7-5-8(10)6-9-7/h7-10H,2,5-6H2,1H3/t7-,8+/m0/s1. The highest BCUT2D eigenvalue weighted by Gasteiger charge is 2.19. The van der Waals surface area contributed by atoms with E-state index in [0.29, 0.717) is 6.54 Å². The van der Waals surface area contributed by atoms with Gasteiger partial charge in [0.15, 0.2) is 0 Å². The van der Waals surface area contributed by atoms with Crippen molar-refractivity contribution in [3.63, 3.8) is 0 Å². The van der Waals surface area contributed by atoms with Crippen molar-refractivity contribution in [2.75, 3.05) is 6.54 Å². The Balaban J connectivity index is 2.31. The van der Waals surface area contributed by atoms with Crippen molar-refractivity contribution >= 4 is 0 Å². The molecule has 10 heavy (non-hydrogen) atoms. The Labute approximate surface area is 61.6 Å². The van der Waals surface area contributed by atoms with Crippen LogP contribution in [-0.4, -0.2) is 23.8 Å². The second-order valence-corrected chi connectivity index (χ2v) is 2.53. The lowest BCUT2D eigenvalue weighted by molar-refractivity contribution is 0.195. The van der Waals surface area contributed by atoms with E-state index in [0.717, 1.165) is 12.8 Å². The first-order chi connectivity index (χ1) is 4.83. The van der Waals surface area contributed by atoms with Gasteiger partial charge in [-0.25, -0.2) is 0 Å². The van der Waals surface area contributed by atoms with Crippen LogP contribution in [0.4, 0.5) is 0 Å².